The monoisotopic (exact) mass is 411 g/mol. The van der Waals surface area contributed by atoms with Crippen molar-refractivity contribution in [3.05, 3.63) is 72.1 Å². The molecule has 4 rings (SSSR count). The molecule has 1 aliphatic heterocycles. The molecule has 1 N–H and O–H groups in total. The van der Waals surface area contributed by atoms with Gasteiger partial charge in [0.05, 0.1) is 11.9 Å². The lowest BCUT2D eigenvalue weighted by Crippen LogP contribution is -2.34. The molecule has 0 radical (unpaired) electrons. The maximum atomic E-state index is 12.1. The van der Waals surface area contributed by atoms with Crippen LogP contribution in [0.15, 0.2) is 65.7 Å². The molecule has 29 heavy (non-hydrogen) atoms. The Bertz CT molecular complexity index is 1060. The van der Waals surface area contributed by atoms with Crippen molar-refractivity contribution in [2.75, 3.05) is 19.3 Å². The minimum atomic E-state index is -3.29. The molecule has 7 heteroatoms. The van der Waals surface area contributed by atoms with Crippen molar-refractivity contribution in [2.24, 2.45) is 0 Å². The van der Waals surface area contributed by atoms with Crippen LogP contribution in [0.5, 0.6) is 11.5 Å². The number of sulfone groups is 1. The molecule has 2 aromatic carbocycles. The van der Waals surface area contributed by atoms with Crippen LogP contribution in [-0.2, 0) is 16.4 Å². The second-order valence-corrected chi connectivity index (χ2v) is 9.50. The fourth-order valence-electron chi connectivity index (χ4n) is 3.90. The first-order valence-corrected chi connectivity index (χ1v) is 11.7. The molecule has 1 atom stereocenters. The maximum Gasteiger partial charge on any atom is 0.178 e. The van der Waals surface area contributed by atoms with Gasteiger partial charge in [-0.3, -0.25) is 10.00 Å². The third-order valence-electron chi connectivity index (χ3n) is 5.28. The molecule has 0 unspecified atom stereocenters. The first-order valence-electron chi connectivity index (χ1n) is 9.77. The van der Waals surface area contributed by atoms with Gasteiger partial charge >= 0.3 is 0 Å². The van der Waals surface area contributed by atoms with Gasteiger partial charge in [-0.1, -0.05) is 36.4 Å². The average Bonchev–Trinajstić information content (AvgIpc) is 3.21. The lowest BCUT2D eigenvalue weighted by molar-refractivity contribution is 0.196. The number of H-pyrrole nitrogens is 1. The number of para-hydroxylation sites is 2. The third-order valence-corrected chi connectivity index (χ3v) is 6.41. The molecule has 0 bridgehead atoms. The molecular formula is C22H25N3O3S. The van der Waals surface area contributed by atoms with E-state index in [0.717, 1.165) is 55.2 Å². The summed E-state index contributed by atoms with van der Waals surface area (Å²) in [6.07, 6.45) is 4.61. The van der Waals surface area contributed by atoms with E-state index in [-0.39, 0.29) is 5.92 Å². The molecular weight excluding hydrogens is 386 g/mol. The van der Waals surface area contributed by atoms with E-state index >= 15 is 0 Å². The number of piperidine rings is 1. The number of aromatic nitrogens is 2. The quantitative estimate of drug-likeness (QED) is 0.664. The number of nitrogens with zero attached hydrogens (tertiary/aromatic N) is 2. The Balaban J connectivity index is 1.50. The van der Waals surface area contributed by atoms with E-state index in [4.69, 9.17) is 4.74 Å². The standard InChI is InChI=1S/C22H25N3O3S/c1-29(26,27)21-14-23-24-22(21)18-9-7-13-25(16-18)15-17-8-5-6-12-20(17)28-19-10-3-2-4-11-19/h2-6,8,10-12,14,18H,7,9,13,15-16H2,1H3,(H,23,24)/t18-/m1/s1. The molecule has 0 amide bonds. The summed E-state index contributed by atoms with van der Waals surface area (Å²) in [6.45, 7) is 2.50. The van der Waals surface area contributed by atoms with Crippen molar-refractivity contribution in [3.8, 4) is 11.5 Å². The third kappa shape index (κ3) is 4.68. The molecule has 3 aromatic rings. The fourth-order valence-corrected chi connectivity index (χ4v) is 4.75. The molecule has 152 valence electrons. The van der Waals surface area contributed by atoms with Crippen LogP contribution in [-0.4, -0.2) is 42.9 Å². The van der Waals surface area contributed by atoms with Crippen LogP contribution in [0.1, 0.15) is 30.0 Å². The Hall–Kier alpha value is -2.64. The summed E-state index contributed by atoms with van der Waals surface area (Å²) in [7, 11) is -3.29. The van der Waals surface area contributed by atoms with E-state index in [9.17, 15) is 8.42 Å². The summed E-state index contributed by atoms with van der Waals surface area (Å²) in [5.41, 5.74) is 1.84. The lowest BCUT2D eigenvalue weighted by Gasteiger charge is -2.32. The Labute approximate surface area is 171 Å². The second-order valence-electron chi connectivity index (χ2n) is 7.52. The van der Waals surface area contributed by atoms with E-state index < -0.39 is 9.84 Å². The summed E-state index contributed by atoms with van der Waals surface area (Å²) in [5, 5.41) is 6.92. The molecule has 0 spiro atoms. The Morgan fingerprint density at radius 2 is 1.90 bits per heavy atom. The smallest absolute Gasteiger partial charge is 0.178 e. The minimum absolute atomic E-state index is 0.123. The van der Waals surface area contributed by atoms with Gasteiger partial charge in [0.25, 0.3) is 0 Å². The van der Waals surface area contributed by atoms with Crippen molar-refractivity contribution in [1.82, 2.24) is 15.1 Å². The van der Waals surface area contributed by atoms with E-state index in [1.54, 1.807) is 0 Å². The van der Waals surface area contributed by atoms with Crippen molar-refractivity contribution < 1.29 is 13.2 Å². The second kappa shape index (κ2) is 8.39. The van der Waals surface area contributed by atoms with Gasteiger partial charge in [-0.2, -0.15) is 5.10 Å². The predicted octanol–water partition coefficient (Wildman–Crippen LogP) is 3.99. The van der Waals surface area contributed by atoms with Gasteiger partial charge in [0, 0.05) is 30.8 Å². The van der Waals surface area contributed by atoms with Crippen LogP contribution >= 0.6 is 0 Å². The SMILES string of the molecule is CS(=O)(=O)c1cn[nH]c1[C@@H]1CCCN(Cc2ccccc2Oc2ccccc2)C1. The van der Waals surface area contributed by atoms with Crippen LogP contribution in [0.4, 0.5) is 0 Å². The number of nitrogens with one attached hydrogen (secondary N) is 1. The number of hydrogen-bond donors (Lipinski definition) is 1. The summed E-state index contributed by atoms with van der Waals surface area (Å²) in [4.78, 5) is 2.67. The maximum absolute atomic E-state index is 12.1. The minimum Gasteiger partial charge on any atom is -0.457 e. The Morgan fingerprint density at radius 3 is 2.69 bits per heavy atom. The van der Waals surface area contributed by atoms with Gasteiger partial charge in [-0.15, -0.1) is 0 Å². The van der Waals surface area contributed by atoms with E-state index in [0.29, 0.717) is 4.90 Å². The van der Waals surface area contributed by atoms with Crippen LogP contribution in [0, 0.1) is 0 Å². The van der Waals surface area contributed by atoms with Gasteiger partial charge in [0.2, 0.25) is 0 Å². The topological polar surface area (TPSA) is 75.3 Å². The van der Waals surface area contributed by atoms with Crippen LogP contribution in [0.3, 0.4) is 0 Å². The lowest BCUT2D eigenvalue weighted by atomic mass is 9.94. The number of ether oxygens (including phenoxy) is 1. The number of likely N-dealkylation sites (tertiary alicyclic amines) is 1. The zero-order valence-corrected chi connectivity index (χ0v) is 17.2. The summed E-state index contributed by atoms with van der Waals surface area (Å²) < 4.78 is 30.2. The zero-order chi connectivity index (χ0) is 20.3. The average molecular weight is 412 g/mol. The molecule has 0 saturated carbocycles. The summed E-state index contributed by atoms with van der Waals surface area (Å²) >= 11 is 0. The number of aromatic amines is 1. The Morgan fingerprint density at radius 1 is 1.14 bits per heavy atom. The van der Waals surface area contributed by atoms with Gasteiger partial charge in [0.1, 0.15) is 16.4 Å². The van der Waals surface area contributed by atoms with Gasteiger partial charge in [0.15, 0.2) is 9.84 Å². The van der Waals surface area contributed by atoms with Crippen molar-refractivity contribution in [2.45, 2.75) is 30.2 Å². The normalized spacial score (nSPS) is 17.9. The van der Waals surface area contributed by atoms with Gasteiger partial charge in [-0.05, 0) is 37.6 Å². The molecule has 2 heterocycles. The number of hydrogen-bond acceptors (Lipinski definition) is 5. The highest BCUT2D eigenvalue weighted by Crippen LogP contribution is 2.32. The number of benzene rings is 2. The summed E-state index contributed by atoms with van der Waals surface area (Å²) in [6, 6.07) is 17.8. The van der Waals surface area contributed by atoms with Gasteiger partial charge in [-0.25, -0.2) is 8.42 Å². The molecule has 0 aliphatic carbocycles. The molecule has 1 aromatic heterocycles. The first-order chi connectivity index (χ1) is 14.0. The van der Waals surface area contributed by atoms with Crippen molar-refractivity contribution in [1.29, 1.82) is 0 Å². The van der Waals surface area contributed by atoms with E-state index in [2.05, 4.69) is 21.2 Å². The van der Waals surface area contributed by atoms with E-state index in [1.807, 2.05) is 48.5 Å². The van der Waals surface area contributed by atoms with Crippen LogP contribution < -0.4 is 4.74 Å². The highest BCUT2D eigenvalue weighted by Gasteiger charge is 2.28. The molecule has 1 aliphatic rings. The van der Waals surface area contributed by atoms with Crippen LogP contribution in [0.25, 0.3) is 0 Å². The molecule has 6 nitrogen and oxygen atoms in total. The van der Waals surface area contributed by atoms with Crippen molar-refractivity contribution in [3.63, 3.8) is 0 Å². The van der Waals surface area contributed by atoms with Crippen LogP contribution in [0.2, 0.25) is 0 Å². The van der Waals surface area contributed by atoms with Crippen molar-refractivity contribution >= 4 is 9.84 Å². The van der Waals surface area contributed by atoms with E-state index in [1.165, 1.54) is 12.5 Å². The molecule has 1 saturated heterocycles. The highest BCUT2D eigenvalue weighted by molar-refractivity contribution is 7.90. The largest absolute Gasteiger partial charge is 0.457 e. The zero-order valence-electron chi connectivity index (χ0n) is 16.4. The molecule has 1 fully saturated rings. The summed E-state index contributed by atoms with van der Waals surface area (Å²) in [5.74, 6) is 1.78. The first kappa shape index (κ1) is 19.7. The predicted molar refractivity (Wildman–Crippen MR) is 112 cm³/mol. The number of rotatable bonds is 6. The van der Waals surface area contributed by atoms with Gasteiger partial charge < -0.3 is 4.74 Å². The fraction of sp³-hybridized carbons (Fsp3) is 0.318. The highest BCUT2D eigenvalue weighted by atomic mass is 32.2. The Kier molecular flexibility index (Phi) is 5.69.